The van der Waals surface area contributed by atoms with Gasteiger partial charge in [0.2, 0.25) is 6.23 Å². The fourth-order valence-electron chi connectivity index (χ4n) is 4.22. The first kappa shape index (κ1) is 19.9. The van der Waals surface area contributed by atoms with Gasteiger partial charge < -0.3 is 14.2 Å². The third kappa shape index (κ3) is 3.30. The van der Waals surface area contributed by atoms with Gasteiger partial charge in [-0.1, -0.05) is 30.3 Å². The minimum Gasteiger partial charge on any atom is -0.493 e. The van der Waals surface area contributed by atoms with E-state index in [4.69, 9.17) is 19.3 Å². The van der Waals surface area contributed by atoms with Crippen molar-refractivity contribution in [3.05, 3.63) is 93.5 Å². The second kappa shape index (κ2) is 7.88. The summed E-state index contributed by atoms with van der Waals surface area (Å²) in [5.41, 5.74) is 3.49. The molecule has 162 valence electrons. The topological polar surface area (TPSA) is 86.4 Å². The summed E-state index contributed by atoms with van der Waals surface area (Å²) in [5.74, 6) is 1.89. The molecule has 0 spiro atoms. The molecule has 2 aliphatic heterocycles. The average Bonchev–Trinajstić information content (AvgIpc) is 3.29. The molecule has 0 N–H and O–H groups in total. The zero-order chi connectivity index (χ0) is 22.2. The lowest BCUT2D eigenvalue weighted by Crippen LogP contribution is -2.33. The molecule has 8 heteroatoms. The van der Waals surface area contributed by atoms with Crippen molar-refractivity contribution >= 4 is 11.4 Å². The fourth-order valence-corrected chi connectivity index (χ4v) is 4.22. The predicted molar refractivity (Wildman–Crippen MR) is 118 cm³/mol. The van der Waals surface area contributed by atoms with E-state index in [2.05, 4.69) is 0 Å². The van der Waals surface area contributed by atoms with Crippen LogP contribution in [0.1, 0.15) is 35.4 Å². The molecule has 0 amide bonds. The highest BCUT2D eigenvalue weighted by Crippen LogP contribution is 2.48. The molecule has 0 saturated carbocycles. The molecule has 3 aromatic carbocycles. The van der Waals surface area contributed by atoms with Crippen LogP contribution in [0.5, 0.6) is 17.2 Å². The Labute approximate surface area is 184 Å². The van der Waals surface area contributed by atoms with Crippen molar-refractivity contribution in [2.45, 2.75) is 18.7 Å². The van der Waals surface area contributed by atoms with Crippen LogP contribution in [0.4, 0.5) is 5.69 Å². The molecule has 0 aromatic heterocycles. The second-order valence-corrected chi connectivity index (χ2v) is 7.58. The van der Waals surface area contributed by atoms with Crippen molar-refractivity contribution in [2.75, 3.05) is 14.2 Å². The number of methoxy groups -OCH3 is 2. The van der Waals surface area contributed by atoms with E-state index in [1.807, 2.05) is 53.5 Å². The van der Waals surface area contributed by atoms with Crippen LogP contribution in [0.3, 0.4) is 0 Å². The highest BCUT2D eigenvalue weighted by Gasteiger charge is 2.41. The molecule has 0 aliphatic carbocycles. The van der Waals surface area contributed by atoms with E-state index in [9.17, 15) is 10.1 Å². The molecule has 32 heavy (non-hydrogen) atoms. The number of nitro benzene ring substituents is 1. The molecule has 5 rings (SSSR count). The number of rotatable bonds is 5. The molecule has 0 fully saturated rings. The smallest absolute Gasteiger partial charge is 0.270 e. The summed E-state index contributed by atoms with van der Waals surface area (Å²) in [6.07, 6.45) is 0.142. The number of hydrogen-bond acceptors (Lipinski definition) is 7. The first-order chi connectivity index (χ1) is 15.6. The van der Waals surface area contributed by atoms with Gasteiger partial charge in [-0.15, -0.1) is 0 Å². The van der Waals surface area contributed by atoms with Gasteiger partial charge in [0.25, 0.3) is 5.69 Å². The van der Waals surface area contributed by atoms with Crippen molar-refractivity contribution < 1.29 is 19.1 Å². The van der Waals surface area contributed by atoms with Crippen LogP contribution in [-0.2, 0) is 0 Å². The van der Waals surface area contributed by atoms with Crippen LogP contribution in [0.25, 0.3) is 0 Å². The van der Waals surface area contributed by atoms with Crippen LogP contribution in [0, 0.1) is 10.1 Å². The van der Waals surface area contributed by atoms with Gasteiger partial charge in [0, 0.05) is 35.2 Å². The average molecular weight is 431 g/mol. The Bertz CT molecular complexity index is 1210. The second-order valence-electron chi connectivity index (χ2n) is 7.58. The van der Waals surface area contributed by atoms with Gasteiger partial charge in [0.05, 0.1) is 30.9 Å². The van der Waals surface area contributed by atoms with E-state index in [0.717, 1.165) is 22.4 Å². The first-order valence-corrected chi connectivity index (χ1v) is 10.2. The van der Waals surface area contributed by atoms with Gasteiger partial charge in [0.1, 0.15) is 5.75 Å². The van der Waals surface area contributed by atoms with Crippen LogP contribution < -0.4 is 14.2 Å². The largest absolute Gasteiger partial charge is 0.493 e. The quantitative estimate of drug-likeness (QED) is 0.424. The number of benzene rings is 3. The molecular formula is C24H21N3O5. The molecule has 0 bridgehead atoms. The Hall–Kier alpha value is -4.07. The standard InChI is InChI=1S/C24H21N3O5/c1-30-22-10-8-16(12-23(22)31-2)19-14-20-18-13-17(27(28)29)9-11-21(18)32-24(26(20)25-19)15-6-4-3-5-7-15/h3-13,20,24H,14H2,1-2H3. The molecule has 2 unspecified atom stereocenters. The molecule has 0 radical (unpaired) electrons. The number of nitro groups is 1. The summed E-state index contributed by atoms with van der Waals surface area (Å²) in [5, 5.41) is 18.2. The van der Waals surface area contributed by atoms with E-state index in [1.54, 1.807) is 26.4 Å². The number of hydrazone groups is 1. The summed E-state index contributed by atoms with van der Waals surface area (Å²) in [7, 11) is 3.19. The number of ether oxygens (including phenoxy) is 3. The van der Waals surface area contributed by atoms with Gasteiger partial charge in [-0.2, -0.15) is 5.10 Å². The predicted octanol–water partition coefficient (Wildman–Crippen LogP) is 4.85. The lowest BCUT2D eigenvalue weighted by Gasteiger charge is -2.38. The summed E-state index contributed by atoms with van der Waals surface area (Å²) >= 11 is 0. The molecule has 0 saturated heterocycles. The highest BCUT2D eigenvalue weighted by molar-refractivity contribution is 6.02. The highest BCUT2D eigenvalue weighted by atomic mass is 16.6. The van der Waals surface area contributed by atoms with Crippen molar-refractivity contribution in [2.24, 2.45) is 5.10 Å². The van der Waals surface area contributed by atoms with E-state index in [0.29, 0.717) is 23.7 Å². The van der Waals surface area contributed by atoms with Crippen LogP contribution in [0.15, 0.2) is 71.8 Å². The van der Waals surface area contributed by atoms with Crippen molar-refractivity contribution in [3.63, 3.8) is 0 Å². The number of nitrogens with zero attached hydrogens (tertiary/aromatic N) is 3. The minimum atomic E-state index is -0.437. The monoisotopic (exact) mass is 431 g/mol. The van der Waals surface area contributed by atoms with Crippen LogP contribution >= 0.6 is 0 Å². The molecule has 2 atom stereocenters. The Morgan fingerprint density at radius 1 is 1.03 bits per heavy atom. The fraction of sp³-hybridized carbons (Fsp3) is 0.208. The van der Waals surface area contributed by atoms with Gasteiger partial charge in [-0.25, -0.2) is 5.01 Å². The Kier molecular flexibility index (Phi) is 4.89. The number of fused-ring (bicyclic) bond motifs is 3. The van der Waals surface area contributed by atoms with Gasteiger partial charge >= 0.3 is 0 Å². The zero-order valence-electron chi connectivity index (χ0n) is 17.6. The summed E-state index contributed by atoms with van der Waals surface area (Å²) < 4.78 is 17.1. The Morgan fingerprint density at radius 3 is 2.53 bits per heavy atom. The SMILES string of the molecule is COc1ccc(C2=NN3C(C2)c2cc([N+](=O)[O-])ccc2OC3c2ccccc2)cc1OC. The lowest BCUT2D eigenvalue weighted by atomic mass is 9.95. The lowest BCUT2D eigenvalue weighted by molar-refractivity contribution is -0.385. The molecule has 3 aromatic rings. The number of non-ortho nitro benzene ring substituents is 1. The van der Waals surface area contributed by atoms with E-state index in [1.165, 1.54) is 6.07 Å². The third-order valence-corrected chi connectivity index (χ3v) is 5.79. The molecule has 8 nitrogen and oxygen atoms in total. The summed E-state index contributed by atoms with van der Waals surface area (Å²) in [4.78, 5) is 11.0. The van der Waals surface area contributed by atoms with Crippen molar-refractivity contribution in [1.29, 1.82) is 0 Å². The van der Waals surface area contributed by atoms with E-state index < -0.39 is 6.23 Å². The minimum absolute atomic E-state index is 0.0324. The maximum atomic E-state index is 11.4. The van der Waals surface area contributed by atoms with Crippen LogP contribution in [0.2, 0.25) is 0 Å². The molecular weight excluding hydrogens is 410 g/mol. The van der Waals surface area contributed by atoms with Crippen molar-refractivity contribution in [3.8, 4) is 17.2 Å². The normalized spacial score (nSPS) is 18.8. The molecule has 2 heterocycles. The number of hydrogen-bond donors (Lipinski definition) is 0. The van der Waals surface area contributed by atoms with E-state index in [-0.39, 0.29) is 16.7 Å². The maximum absolute atomic E-state index is 11.4. The van der Waals surface area contributed by atoms with E-state index >= 15 is 0 Å². The Balaban J connectivity index is 1.59. The Morgan fingerprint density at radius 2 is 1.81 bits per heavy atom. The van der Waals surface area contributed by atoms with Gasteiger partial charge in [-0.3, -0.25) is 10.1 Å². The zero-order valence-corrected chi connectivity index (χ0v) is 17.6. The summed E-state index contributed by atoms with van der Waals surface area (Å²) in [6, 6.07) is 20.0. The summed E-state index contributed by atoms with van der Waals surface area (Å²) in [6.45, 7) is 0. The van der Waals surface area contributed by atoms with Gasteiger partial charge in [0.15, 0.2) is 11.5 Å². The maximum Gasteiger partial charge on any atom is 0.270 e. The first-order valence-electron chi connectivity index (χ1n) is 10.2. The van der Waals surface area contributed by atoms with Gasteiger partial charge in [-0.05, 0) is 24.3 Å². The van der Waals surface area contributed by atoms with Crippen LogP contribution in [-0.4, -0.2) is 29.9 Å². The molecule has 2 aliphatic rings. The third-order valence-electron chi connectivity index (χ3n) is 5.79. The van der Waals surface area contributed by atoms with Crippen molar-refractivity contribution in [1.82, 2.24) is 5.01 Å².